The average Bonchev–Trinajstić information content (AvgIpc) is 3.06. The van der Waals surface area contributed by atoms with Gasteiger partial charge in [0.25, 0.3) is 5.91 Å². The summed E-state index contributed by atoms with van der Waals surface area (Å²) in [6.45, 7) is 6.50. The number of H-pyrrole nitrogens is 1. The molecule has 0 aliphatic carbocycles. The third-order valence-electron chi connectivity index (χ3n) is 5.44. The van der Waals surface area contributed by atoms with Crippen LogP contribution in [0.25, 0.3) is 0 Å². The summed E-state index contributed by atoms with van der Waals surface area (Å²) in [4.78, 5) is 35.0. The highest BCUT2D eigenvalue weighted by atomic mass is 16.5. The predicted octanol–water partition coefficient (Wildman–Crippen LogP) is 2.85. The fourth-order valence-corrected chi connectivity index (χ4v) is 3.96. The largest absolute Gasteiger partial charge is 0.465 e. The third kappa shape index (κ3) is 5.03. The first-order chi connectivity index (χ1) is 14.0. The van der Waals surface area contributed by atoms with E-state index in [4.69, 9.17) is 4.74 Å². The summed E-state index contributed by atoms with van der Waals surface area (Å²) in [5.74, 6) is -0.543. The summed E-state index contributed by atoms with van der Waals surface area (Å²) in [6.07, 6.45) is 5.10. The molecule has 0 radical (unpaired) electrons. The van der Waals surface area contributed by atoms with Crippen molar-refractivity contribution in [3.8, 4) is 0 Å². The lowest BCUT2D eigenvalue weighted by atomic mass is 10.0. The van der Waals surface area contributed by atoms with Crippen LogP contribution in [0.4, 0.5) is 0 Å². The molecule has 3 heterocycles. The van der Waals surface area contributed by atoms with Gasteiger partial charge >= 0.3 is 5.97 Å². The number of rotatable bonds is 7. The van der Waals surface area contributed by atoms with Crippen molar-refractivity contribution in [1.82, 2.24) is 20.2 Å². The fourth-order valence-electron chi connectivity index (χ4n) is 3.96. The molecular formula is C22H30N4O3. The third-order valence-corrected chi connectivity index (χ3v) is 5.44. The second-order valence-corrected chi connectivity index (χ2v) is 7.57. The Kier molecular flexibility index (Phi) is 7.04. The Morgan fingerprint density at radius 1 is 1.31 bits per heavy atom. The number of nitrogens with one attached hydrogen (secondary N) is 2. The van der Waals surface area contributed by atoms with Crippen LogP contribution in [0.2, 0.25) is 0 Å². The highest BCUT2D eigenvalue weighted by Gasteiger charge is 2.27. The first-order valence-corrected chi connectivity index (χ1v) is 10.3. The number of ether oxygens (including phenoxy) is 1. The Bertz CT molecular complexity index is 839. The molecule has 0 bridgehead atoms. The molecule has 1 fully saturated rings. The summed E-state index contributed by atoms with van der Waals surface area (Å²) < 4.78 is 4.91. The van der Waals surface area contributed by atoms with Crippen molar-refractivity contribution >= 4 is 11.9 Å². The van der Waals surface area contributed by atoms with E-state index < -0.39 is 5.97 Å². The average molecular weight is 399 g/mol. The van der Waals surface area contributed by atoms with Crippen molar-refractivity contribution in [1.29, 1.82) is 0 Å². The van der Waals surface area contributed by atoms with Crippen LogP contribution in [0.5, 0.6) is 0 Å². The van der Waals surface area contributed by atoms with Gasteiger partial charge in [0.2, 0.25) is 0 Å². The molecule has 0 unspecified atom stereocenters. The number of carbonyl (C=O) groups is 2. The predicted molar refractivity (Wildman–Crippen MR) is 111 cm³/mol. The van der Waals surface area contributed by atoms with Gasteiger partial charge < -0.3 is 15.0 Å². The zero-order chi connectivity index (χ0) is 20.8. The van der Waals surface area contributed by atoms with E-state index in [0.29, 0.717) is 23.4 Å². The molecule has 0 aromatic carbocycles. The minimum absolute atomic E-state index is 0.127. The summed E-state index contributed by atoms with van der Waals surface area (Å²) in [6, 6.07) is 6.09. The second kappa shape index (κ2) is 9.69. The van der Waals surface area contributed by atoms with Crippen LogP contribution >= 0.6 is 0 Å². The standard InChI is InChI=1S/C22H30N4O3/c1-4-7-18-19(22(28)29-3)15(2)24-20(18)21(27)25-16-9-12-26(13-10-16)14-17-8-5-6-11-23-17/h5-6,8,11,16,24H,4,7,9-10,12-14H2,1-3H3,(H,25,27). The highest BCUT2D eigenvalue weighted by Crippen LogP contribution is 2.22. The minimum Gasteiger partial charge on any atom is -0.465 e. The van der Waals surface area contributed by atoms with Crippen LogP contribution in [-0.2, 0) is 17.7 Å². The van der Waals surface area contributed by atoms with E-state index >= 15 is 0 Å². The number of aromatic amines is 1. The van der Waals surface area contributed by atoms with Crippen molar-refractivity contribution in [2.75, 3.05) is 20.2 Å². The molecule has 0 atom stereocenters. The highest BCUT2D eigenvalue weighted by molar-refractivity contribution is 6.00. The zero-order valence-corrected chi connectivity index (χ0v) is 17.5. The van der Waals surface area contributed by atoms with Gasteiger partial charge in [0, 0.05) is 37.6 Å². The van der Waals surface area contributed by atoms with Gasteiger partial charge in [0.1, 0.15) is 5.69 Å². The molecule has 2 N–H and O–H groups in total. The number of methoxy groups -OCH3 is 1. The molecule has 1 saturated heterocycles. The monoisotopic (exact) mass is 398 g/mol. The maximum Gasteiger partial charge on any atom is 0.339 e. The van der Waals surface area contributed by atoms with Crippen molar-refractivity contribution in [2.24, 2.45) is 0 Å². The normalized spacial score (nSPS) is 15.3. The number of piperidine rings is 1. The fraction of sp³-hybridized carbons (Fsp3) is 0.500. The van der Waals surface area contributed by atoms with E-state index in [1.54, 1.807) is 6.92 Å². The van der Waals surface area contributed by atoms with Crippen molar-refractivity contribution < 1.29 is 14.3 Å². The second-order valence-electron chi connectivity index (χ2n) is 7.57. The van der Waals surface area contributed by atoms with Crippen molar-refractivity contribution in [3.05, 3.63) is 52.6 Å². The van der Waals surface area contributed by atoms with Gasteiger partial charge in [0.05, 0.1) is 18.4 Å². The Labute approximate surface area is 171 Å². The summed E-state index contributed by atoms with van der Waals surface area (Å²) in [7, 11) is 1.36. The maximum absolute atomic E-state index is 12.9. The smallest absolute Gasteiger partial charge is 0.339 e. The number of likely N-dealkylation sites (tertiary alicyclic amines) is 1. The first kappa shape index (κ1) is 21.0. The molecule has 7 nitrogen and oxygen atoms in total. The molecular weight excluding hydrogens is 368 g/mol. The number of hydrogen-bond donors (Lipinski definition) is 2. The van der Waals surface area contributed by atoms with E-state index in [-0.39, 0.29) is 11.9 Å². The van der Waals surface area contributed by atoms with Gasteiger partial charge in [-0.3, -0.25) is 14.7 Å². The van der Waals surface area contributed by atoms with Crippen LogP contribution in [0.15, 0.2) is 24.4 Å². The Balaban J connectivity index is 1.62. The number of nitrogens with zero attached hydrogens (tertiary/aromatic N) is 2. The van der Waals surface area contributed by atoms with Gasteiger partial charge in [-0.05, 0) is 43.9 Å². The molecule has 2 aromatic rings. The Hall–Kier alpha value is -2.67. The lowest BCUT2D eigenvalue weighted by Crippen LogP contribution is -2.44. The molecule has 1 amide bonds. The summed E-state index contributed by atoms with van der Waals surface area (Å²) in [5, 5.41) is 3.15. The first-order valence-electron chi connectivity index (χ1n) is 10.3. The van der Waals surface area contributed by atoms with Gasteiger partial charge in [-0.15, -0.1) is 0 Å². The van der Waals surface area contributed by atoms with E-state index in [9.17, 15) is 9.59 Å². The maximum atomic E-state index is 12.9. The van der Waals surface area contributed by atoms with E-state index in [1.807, 2.05) is 31.3 Å². The summed E-state index contributed by atoms with van der Waals surface area (Å²) in [5.41, 5.74) is 3.47. The SMILES string of the molecule is CCCc1c(C(=O)NC2CCN(Cc3ccccn3)CC2)[nH]c(C)c1C(=O)OC. The topological polar surface area (TPSA) is 87.3 Å². The van der Waals surface area contributed by atoms with Crippen LogP contribution in [-0.4, -0.2) is 53.0 Å². The molecule has 1 aliphatic rings. The van der Waals surface area contributed by atoms with Gasteiger partial charge in [-0.25, -0.2) is 4.79 Å². The van der Waals surface area contributed by atoms with Gasteiger partial charge in [-0.1, -0.05) is 19.4 Å². The van der Waals surface area contributed by atoms with E-state index in [1.165, 1.54) is 7.11 Å². The quantitative estimate of drug-likeness (QED) is 0.701. The van der Waals surface area contributed by atoms with Crippen LogP contribution in [0.3, 0.4) is 0 Å². The number of aromatic nitrogens is 2. The number of esters is 1. The summed E-state index contributed by atoms with van der Waals surface area (Å²) >= 11 is 0. The van der Waals surface area contributed by atoms with E-state index in [0.717, 1.165) is 50.2 Å². The Morgan fingerprint density at radius 2 is 2.07 bits per heavy atom. The van der Waals surface area contributed by atoms with E-state index in [2.05, 4.69) is 20.2 Å². The molecule has 1 aliphatic heterocycles. The van der Waals surface area contributed by atoms with Crippen molar-refractivity contribution in [2.45, 2.75) is 52.1 Å². The van der Waals surface area contributed by atoms with Crippen LogP contribution in [0, 0.1) is 6.92 Å². The molecule has 3 rings (SSSR count). The van der Waals surface area contributed by atoms with Crippen LogP contribution in [0.1, 0.15) is 64.0 Å². The molecule has 7 heteroatoms. The molecule has 29 heavy (non-hydrogen) atoms. The van der Waals surface area contributed by atoms with Gasteiger partial charge in [0.15, 0.2) is 0 Å². The molecule has 0 saturated carbocycles. The van der Waals surface area contributed by atoms with Gasteiger partial charge in [-0.2, -0.15) is 0 Å². The molecule has 0 spiro atoms. The number of hydrogen-bond acceptors (Lipinski definition) is 5. The minimum atomic E-state index is -0.399. The number of amides is 1. The lowest BCUT2D eigenvalue weighted by molar-refractivity contribution is 0.0599. The number of aryl methyl sites for hydroxylation is 1. The molecule has 156 valence electrons. The zero-order valence-electron chi connectivity index (χ0n) is 17.5. The number of carbonyl (C=O) groups excluding carboxylic acids is 2. The lowest BCUT2D eigenvalue weighted by Gasteiger charge is -2.32. The Morgan fingerprint density at radius 3 is 2.69 bits per heavy atom. The molecule has 2 aromatic heterocycles. The van der Waals surface area contributed by atoms with Crippen LogP contribution < -0.4 is 5.32 Å². The van der Waals surface area contributed by atoms with Crippen molar-refractivity contribution in [3.63, 3.8) is 0 Å². The number of pyridine rings is 1.